The molecule has 0 bridgehead atoms. The number of carbonyl (C=O) groups excluding carboxylic acids is 1. The molecule has 0 fully saturated rings. The number of hydrogen-bond acceptors (Lipinski definition) is 3. The van der Waals surface area contributed by atoms with E-state index in [1.54, 1.807) is 0 Å². The van der Waals surface area contributed by atoms with E-state index in [9.17, 15) is 4.79 Å². The Balaban J connectivity index is 1.77. The molecule has 0 unspecified atom stereocenters. The van der Waals surface area contributed by atoms with E-state index in [2.05, 4.69) is 30.2 Å². The summed E-state index contributed by atoms with van der Waals surface area (Å²) in [6.45, 7) is 6.81. The van der Waals surface area contributed by atoms with Gasteiger partial charge in [0.2, 0.25) is 5.91 Å². The number of anilines is 1. The minimum absolute atomic E-state index is 0.0547. The first-order chi connectivity index (χ1) is 12.0. The van der Waals surface area contributed by atoms with Gasteiger partial charge in [0.25, 0.3) is 0 Å². The average molecular weight is 335 g/mol. The van der Waals surface area contributed by atoms with Crippen molar-refractivity contribution in [3.05, 3.63) is 42.0 Å². The van der Waals surface area contributed by atoms with Crippen LogP contribution in [-0.2, 0) is 10.2 Å². The predicted octanol–water partition coefficient (Wildman–Crippen LogP) is 4.25. The molecule has 2 aromatic carbocycles. The maximum absolute atomic E-state index is 11.9. The molecule has 0 aliphatic carbocycles. The number of ether oxygens (including phenoxy) is 1. The van der Waals surface area contributed by atoms with Crippen LogP contribution < -0.4 is 10.1 Å². The standard InChI is InChI=1S/C20H21N3O2/c1-4-25-13-7-5-12(6-8-13)19-22-16-9-14-15(10-17(16)23-19)21-18(24)11-20(14,2)3/h5-10H,4,11H2,1-3H3,(H,21,24)(H,22,23). The number of nitrogens with one attached hydrogen (secondary N) is 2. The molecule has 4 rings (SSSR count). The second kappa shape index (κ2) is 5.62. The van der Waals surface area contributed by atoms with E-state index in [0.717, 1.165) is 39.4 Å². The Morgan fingerprint density at radius 3 is 2.68 bits per heavy atom. The van der Waals surface area contributed by atoms with Crippen molar-refractivity contribution in [2.45, 2.75) is 32.6 Å². The number of hydrogen-bond donors (Lipinski definition) is 2. The van der Waals surface area contributed by atoms with Crippen LogP contribution in [0.3, 0.4) is 0 Å². The van der Waals surface area contributed by atoms with Crippen molar-refractivity contribution in [2.24, 2.45) is 0 Å². The van der Waals surface area contributed by atoms with E-state index in [-0.39, 0.29) is 11.3 Å². The van der Waals surface area contributed by atoms with Gasteiger partial charge in [-0.3, -0.25) is 4.79 Å². The van der Waals surface area contributed by atoms with Crippen LogP contribution in [0.15, 0.2) is 36.4 Å². The number of rotatable bonds is 3. The van der Waals surface area contributed by atoms with Crippen LogP contribution in [-0.4, -0.2) is 22.5 Å². The molecule has 3 aromatic rings. The quantitative estimate of drug-likeness (QED) is 0.752. The fourth-order valence-corrected chi connectivity index (χ4v) is 3.42. The van der Waals surface area contributed by atoms with E-state index >= 15 is 0 Å². The number of H-pyrrole nitrogens is 1. The van der Waals surface area contributed by atoms with Gasteiger partial charge >= 0.3 is 0 Å². The molecule has 1 aliphatic rings. The van der Waals surface area contributed by atoms with E-state index in [4.69, 9.17) is 9.72 Å². The lowest BCUT2D eigenvalue weighted by Gasteiger charge is -2.31. The Bertz CT molecular complexity index is 955. The van der Waals surface area contributed by atoms with E-state index in [1.165, 1.54) is 0 Å². The average Bonchev–Trinajstić information content (AvgIpc) is 2.96. The van der Waals surface area contributed by atoms with Crippen LogP contribution in [0.4, 0.5) is 5.69 Å². The zero-order valence-corrected chi connectivity index (χ0v) is 14.6. The first-order valence-electron chi connectivity index (χ1n) is 8.53. The lowest BCUT2D eigenvalue weighted by Crippen LogP contribution is -2.32. The van der Waals surface area contributed by atoms with Crippen molar-refractivity contribution in [3.63, 3.8) is 0 Å². The Hall–Kier alpha value is -2.82. The third kappa shape index (κ3) is 2.76. The highest BCUT2D eigenvalue weighted by Crippen LogP contribution is 2.39. The van der Waals surface area contributed by atoms with Crippen LogP contribution in [0.1, 0.15) is 32.8 Å². The Morgan fingerprint density at radius 2 is 1.96 bits per heavy atom. The topological polar surface area (TPSA) is 67.0 Å². The molecular formula is C20H21N3O2. The molecule has 1 amide bonds. The third-order valence-electron chi connectivity index (χ3n) is 4.67. The summed E-state index contributed by atoms with van der Waals surface area (Å²) in [7, 11) is 0. The van der Waals surface area contributed by atoms with Gasteiger partial charge in [-0.25, -0.2) is 4.98 Å². The molecule has 0 atom stereocenters. The summed E-state index contributed by atoms with van der Waals surface area (Å²) in [5.74, 6) is 1.71. The van der Waals surface area contributed by atoms with Crippen molar-refractivity contribution < 1.29 is 9.53 Å². The number of aromatic amines is 1. The first-order valence-corrected chi connectivity index (χ1v) is 8.53. The summed E-state index contributed by atoms with van der Waals surface area (Å²) >= 11 is 0. The molecule has 5 heteroatoms. The minimum Gasteiger partial charge on any atom is -0.494 e. The Morgan fingerprint density at radius 1 is 1.20 bits per heavy atom. The van der Waals surface area contributed by atoms with Crippen LogP contribution in [0.5, 0.6) is 5.75 Å². The van der Waals surface area contributed by atoms with Gasteiger partial charge in [0, 0.05) is 23.1 Å². The molecule has 1 aliphatic heterocycles. The zero-order chi connectivity index (χ0) is 17.6. The van der Waals surface area contributed by atoms with Gasteiger partial charge in [-0.15, -0.1) is 0 Å². The highest BCUT2D eigenvalue weighted by molar-refractivity contribution is 5.98. The summed E-state index contributed by atoms with van der Waals surface area (Å²) in [5.41, 5.74) is 4.64. The van der Waals surface area contributed by atoms with Crippen molar-refractivity contribution >= 4 is 22.6 Å². The molecule has 0 radical (unpaired) electrons. The smallest absolute Gasteiger partial charge is 0.225 e. The number of nitrogens with zero attached hydrogens (tertiary/aromatic N) is 1. The largest absolute Gasteiger partial charge is 0.494 e. The number of fused-ring (bicyclic) bond motifs is 2. The van der Waals surface area contributed by atoms with Crippen molar-refractivity contribution in [2.75, 3.05) is 11.9 Å². The van der Waals surface area contributed by atoms with Crippen molar-refractivity contribution in [1.82, 2.24) is 9.97 Å². The molecule has 1 aromatic heterocycles. The number of imidazole rings is 1. The Labute approximate surface area is 146 Å². The zero-order valence-electron chi connectivity index (χ0n) is 14.6. The predicted molar refractivity (Wildman–Crippen MR) is 99.0 cm³/mol. The van der Waals surface area contributed by atoms with Crippen LogP contribution in [0, 0.1) is 0 Å². The molecule has 0 saturated heterocycles. The van der Waals surface area contributed by atoms with Gasteiger partial charge in [-0.2, -0.15) is 0 Å². The number of carbonyl (C=O) groups is 1. The SMILES string of the molecule is CCOc1ccc(-c2nc3cc4c(cc3[nH]2)C(C)(C)CC(=O)N4)cc1. The summed E-state index contributed by atoms with van der Waals surface area (Å²) < 4.78 is 5.49. The van der Waals surface area contributed by atoms with Gasteiger partial charge in [-0.1, -0.05) is 13.8 Å². The molecule has 2 heterocycles. The molecule has 128 valence electrons. The van der Waals surface area contributed by atoms with Gasteiger partial charge < -0.3 is 15.0 Å². The lowest BCUT2D eigenvalue weighted by molar-refractivity contribution is -0.117. The molecule has 25 heavy (non-hydrogen) atoms. The molecule has 0 saturated carbocycles. The maximum atomic E-state index is 11.9. The van der Waals surface area contributed by atoms with E-state index in [0.29, 0.717) is 13.0 Å². The van der Waals surface area contributed by atoms with Gasteiger partial charge in [0.15, 0.2) is 0 Å². The minimum atomic E-state index is -0.184. The van der Waals surface area contributed by atoms with Gasteiger partial charge in [0.1, 0.15) is 11.6 Å². The van der Waals surface area contributed by atoms with Gasteiger partial charge in [-0.05, 0) is 48.9 Å². The molecular weight excluding hydrogens is 314 g/mol. The third-order valence-corrected chi connectivity index (χ3v) is 4.67. The van der Waals surface area contributed by atoms with Gasteiger partial charge in [0.05, 0.1) is 17.6 Å². The summed E-state index contributed by atoms with van der Waals surface area (Å²) in [4.78, 5) is 20.0. The number of benzene rings is 2. The fraction of sp³-hybridized carbons (Fsp3) is 0.300. The fourth-order valence-electron chi connectivity index (χ4n) is 3.42. The van der Waals surface area contributed by atoms with Crippen LogP contribution in [0.2, 0.25) is 0 Å². The monoisotopic (exact) mass is 335 g/mol. The van der Waals surface area contributed by atoms with Crippen LogP contribution >= 0.6 is 0 Å². The van der Waals surface area contributed by atoms with Crippen molar-refractivity contribution in [1.29, 1.82) is 0 Å². The molecule has 0 spiro atoms. The summed E-state index contributed by atoms with van der Waals surface area (Å²) in [6.07, 6.45) is 0.491. The maximum Gasteiger partial charge on any atom is 0.225 e. The Kier molecular flexibility index (Phi) is 3.53. The summed E-state index contributed by atoms with van der Waals surface area (Å²) in [6, 6.07) is 11.9. The number of amides is 1. The van der Waals surface area contributed by atoms with Crippen molar-refractivity contribution in [3.8, 4) is 17.1 Å². The molecule has 5 nitrogen and oxygen atoms in total. The molecule has 2 N–H and O–H groups in total. The normalized spacial score (nSPS) is 15.7. The van der Waals surface area contributed by atoms with E-state index < -0.39 is 0 Å². The van der Waals surface area contributed by atoms with E-state index in [1.807, 2.05) is 37.3 Å². The lowest BCUT2D eigenvalue weighted by atomic mass is 9.78. The number of aromatic nitrogens is 2. The highest BCUT2D eigenvalue weighted by atomic mass is 16.5. The highest BCUT2D eigenvalue weighted by Gasteiger charge is 2.32. The van der Waals surface area contributed by atoms with Crippen LogP contribution in [0.25, 0.3) is 22.4 Å². The second-order valence-corrected chi connectivity index (χ2v) is 7.07. The second-order valence-electron chi connectivity index (χ2n) is 7.07. The first kappa shape index (κ1) is 15.7. The summed E-state index contributed by atoms with van der Waals surface area (Å²) in [5, 5.41) is 2.97.